The standard InChI is InChI=1S/C74H84O4/c1-73(2,3)67-27-47-13-7-17-51-31-52(18-8-14-48(25-47)28-67)60-35-59(51)39-69(75)43-63-37-64(44-70(76)40-60)56-22-12-24-58-34-57(23-11-21-55(63)33-56)65-38-66(58)46-72(78)42-62-36-61(41-71(77)45-65)53-19-9-15-49-26-50(16-10-20-54(62)32-53)30-68(29-49)74(4,5)6/h25-38H,7-24,39-46H2,1-6H3. The van der Waals surface area contributed by atoms with E-state index in [2.05, 4.69) is 126 Å². The summed E-state index contributed by atoms with van der Waals surface area (Å²) in [4.78, 5) is 58.1. The summed E-state index contributed by atoms with van der Waals surface area (Å²) >= 11 is 0. The molecular weight excluding hydrogens is 953 g/mol. The summed E-state index contributed by atoms with van der Waals surface area (Å²) in [6.07, 6.45) is 19.7. The number of carbonyl (C=O) groups excluding carboxylic acids is 4. The normalized spacial score (nSPS) is 17.9. The fourth-order valence-corrected chi connectivity index (χ4v) is 14.1. The van der Waals surface area contributed by atoms with E-state index in [1.54, 1.807) is 0 Å². The van der Waals surface area contributed by atoms with E-state index in [-0.39, 0.29) is 34.0 Å². The fourth-order valence-electron chi connectivity index (χ4n) is 14.1. The molecule has 0 saturated heterocycles. The van der Waals surface area contributed by atoms with Crippen LogP contribution in [-0.2, 0) is 158 Å². The Morgan fingerprint density at radius 3 is 0.564 bits per heavy atom. The number of fused-ring (bicyclic) bond motifs is 28. The van der Waals surface area contributed by atoms with Gasteiger partial charge in [-0.1, -0.05) is 126 Å². The highest BCUT2D eigenvalue weighted by Crippen LogP contribution is 2.34. The van der Waals surface area contributed by atoms with Crippen LogP contribution in [0.3, 0.4) is 0 Å². The van der Waals surface area contributed by atoms with E-state index in [4.69, 9.17) is 0 Å². The number of hydrogen-bond donors (Lipinski definition) is 0. The van der Waals surface area contributed by atoms with Gasteiger partial charge in [-0.2, -0.15) is 0 Å². The summed E-state index contributed by atoms with van der Waals surface area (Å²) in [6, 6.07) is 32.9. The highest BCUT2D eigenvalue weighted by atomic mass is 16.1. The van der Waals surface area contributed by atoms with Crippen molar-refractivity contribution in [2.24, 2.45) is 0 Å². The van der Waals surface area contributed by atoms with Crippen LogP contribution in [0, 0.1) is 0 Å². The summed E-state index contributed by atoms with van der Waals surface area (Å²) in [5.41, 5.74) is 27.3. The molecule has 404 valence electrons. The fraction of sp³-hybridized carbons (Fsp3) is 0.459. The Bertz CT molecular complexity index is 2940. The molecule has 0 spiro atoms. The van der Waals surface area contributed by atoms with E-state index < -0.39 is 0 Å². The summed E-state index contributed by atoms with van der Waals surface area (Å²) in [7, 11) is 0. The quantitative estimate of drug-likeness (QED) is 0.152. The lowest BCUT2D eigenvalue weighted by atomic mass is 9.81. The third-order valence-electron chi connectivity index (χ3n) is 18.5. The molecule has 6 aromatic rings. The number of rotatable bonds is 0. The van der Waals surface area contributed by atoms with Crippen molar-refractivity contribution in [3.05, 3.63) is 207 Å². The molecule has 20 bridgehead atoms. The minimum atomic E-state index is 0.0820. The maximum Gasteiger partial charge on any atom is 0.141 e. The second kappa shape index (κ2) is 22.6. The first-order valence-corrected chi connectivity index (χ1v) is 30.3. The smallest absolute Gasteiger partial charge is 0.141 e. The van der Waals surface area contributed by atoms with Crippen molar-refractivity contribution < 1.29 is 19.2 Å². The average Bonchev–Trinajstić information content (AvgIpc) is 3.37. The van der Waals surface area contributed by atoms with Crippen molar-refractivity contribution in [1.29, 1.82) is 0 Å². The molecule has 0 amide bonds. The number of carbonyl (C=O) groups is 4. The second-order valence-electron chi connectivity index (χ2n) is 26.8. The van der Waals surface area contributed by atoms with Gasteiger partial charge in [-0.25, -0.2) is 0 Å². The van der Waals surface area contributed by atoms with Crippen molar-refractivity contribution >= 4 is 23.1 Å². The van der Waals surface area contributed by atoms with Crippen LogP contribution in [-0.4, -0.2) is 23.1 Å². The first kappa shape index (κ1) is 54.0. The van der Waals surface area contributed by atoms with E-state index >= 15 is 0 Å². The molecule has 0 unspecified atom stereocenters. The highest BCUT2D eigenvalue weighted by Gasteiger charge is 2.26. The Morgan fingerprint density at radius 1 is 0.218 bits per heavy atom. The van der Waals surface area contributed by atoms with Crippen LogP contribution in [0.25, 0.3) is 0 Å². The van der Waals surface area contributed by atoms with E-state index in [0.717, 1.165) is 160 Å². The van der Waals surface area contributed by atoms with Crippen LogP contribution in [0.2, 0.25) is 0 Å². The Kier molecular flexibility index (Phi) is 15.7. The van der Waals surface area contributed by atoms with Crippen LogP contribution >= 0.6 is 0 Å². The van der Waals surface area contributed by atoms with Gasteiger partial charge >= 0.3 is 0 Å². The minimum absolute atomic E-state index is 0.0820. The summed E-state index contributed by atoms with van der Waals surface area (Å²) in [5, 5.41) is 0. The van der Waals surface area contributed by atoms with Gasteiger partial charge in [0.05, 0.1) is 0 Å². The van der Waals surface area contributed by atoms with E-state index in [9.17, 15) is 19.2 Å². The molecule has 0 heterocycles. The Labute approximate surface area is 466 Å². The van der Waals surface area contributed by atoms with Gasteiger partial charge < -0.3 is 0 Å². The summed E-state index contributed by atoms with van der Waals surface area (Å²) in [6.45, 7) is 13.8. The molecular formula is C74H84O4. The molecule has 0 saturated carbocycles. The van der Waals surface area contributed by atoms with Gasteiger partial charge in [0.15, 0.2) is 0 Å². The Hall–Kier alpha value is -6.00. The summed E-state index contributed by atoms with van der Waals surface area (Å²) < 4.78 is 0. The van der Waals surface area contributed by atoms with Crippen molar-refractivity contribution in [2.45, 2.75) is 219 Å². The zero-order valence-corrected chi connectivity index (χ0v) is 48.1. The van der Waals surface area contributed by atoms with E-state index in [0.29, 0.717) is 51.4 Å². The molecule has 6 aromatic carbocycles. The molecule has 0 fully saturated rings. The third-order valence-corrected chi connectivity index (χ3v) is 18.5. The maximum absolute atomic E-state index is 14.5. The first-order valence-electron chi connectivity index (χ1n) is 30.3. The highest BCUT2D eigenvalue weighted by molar-refractivity contribution is 5.88. The third kappa shape index (κ3) is 12.7. The molecule has 4 nitrogen and oxygen atoms in total. The van der Waals surface area contributed by atoms with Gasteiger partial charge in [0.25, 0.3) is 0 Å². The molecule has 0 aliphatic heterocycles. The van der Waals surface area contributed by atoms with Crippen LogP contribution in [0.15, 0.2) is 84.9 Å². The minimum Gasteiger partial charge on any atom is -0.299 e. The van der Waals surface area contributed by atoms with Gasteiger partial charge in [-0.15, -0.1) is 0 Å². The molecule has 5 aliphatic rings. The van der Waals surface area contributed by atoms with Crippen molar-refractivity contribution in [2.75, 3.05) is 0 Å². The van der Waals surface area contributed by atoms with Crippen LogP contribution in [0.4, 0.5) is 0 Å². The SMILES string of the molecule is CC(C)(C)c1cc2cc(c1)CCCc1cc(c3cc1CC(=O)Cc1cc(c4cc1CCCc1cc(c5cc1CC(=O)Cc1cc(c6cc1CCCc1cc(cc(C(C)(C)C)c1)CCC6)CC(=O)C5)CCC4)CC(=O)C3)CCC2. The zero-order valence-electron chi connectivity index (χ0n) is 48.1. The number of aryl methyl sites for hydroxylation is 12. The molecule has 0 aromatic heterocycles. The maximum atomic E-state index is 14.5. The monoisotopic (exact) mass is 1040 g/mol. The van der Waals surface area contributed by atoms with Crippen molar-refractivity contribution in [3.63, 3.8) is 0 Å². The first-order chi connectivity index (χ1) is 37.4. The largest absolute Gasteiger partial charge is 0.299 e. The lowest BCUT2D eigenvalue weighted by Gasteiger charge is -2.23. The topological polar surface area (TPSA) is 68.3 Å². The number of ketones is 4. The molecule has 5 aliphatic carbocycles. The predicted molar refractivity (Wildman–Crippen MR) is 318 cm³/mol. The lowest BCUT2D eigenvalue weighted by Crippen LogP contribution is -2.18. The zero-order chi connectivity index (χ0) is 54.3. The van der Waals surface area contributed by atoms with Gasteiger partial charge in [0, 0.05) is 51.4 Å². The lowest BCUT2D eigenvalue weighted by molar-refractivity contribution is -0.118. The van der Waals surface area contributed by atoms with E-state index in [1.807, 2.05) is 0 Å². The number of hydrogen-bond acceptors (Lipinski definition) is 4. The number of benzene rings is 6. The van der Waals surface area contributed by atoms with Crippen LogP contribution in [0.1, 0.15) is 202 Å². The van der Waals surface area contributed by atoms with E-state index in [1.165, 1.54) is 77.9 Å². The van der Waals surface area contributed by atoms with Gasteiger partial charge in [0.2, 0.25) is 0 Å². The Morgan fingerprint density at radius 2 is 0.385 bits per heavy atom. The molecule has 11 rings (SSSR count). The second-order valence-corrected chi connectivity index (χ2v) is 26.8. The van der Waals surface area contributed by atoms with Gasteiger partial charge in [-0.05, 0) is 249 Å². The molecule has 78 heavy (non-hydrogen) atoms. The Balaban J connectivity index is 0.852. The van der Waals surface area contributed by atoms with Gasteiger partial charge in [0.1, 0.15) is 23.1 Å². The van der Waals surface area contributed by atoms with Gasteiger partial charge in [-0.3, -0.25) is 19.2 Å². The molecule has 0 radical (unpaired) electrons. The number of Topliss-reactive ketones (excluding diaryl/α,β-unsaturated/α-hetero) is 4. The van der Waals surface area contributed by atoms with Crippen LogP contribution < -0.4 is 0 Å². The van der Waals surface area contributed by atoms with Crippen molar-refractivity contribution in [3.8, 4) is 0 Å². The van der Waals surface area contributed by atoms with Crippen molar-refractivity contribution in [1.82, 2.24) is 0 Å². The molecule has 0 atom stereocenters. The molecule has 4 heteroatoms. The summed E-state index contributed by atoms with van der Waals surface area (Å²) in [5.74, 6) is 0.940. The predicted octanol–water partition coefficient (Wildman–Crippen LogP) is 14.3. The van der Waals surface area contributed by atoms with Crippen LogP contribution in [0.5, 0.6) is 0 Å². The molecule has 0 N–H and O–H groups in total. The average molecular weight is 1040 g/mol.